The lowest BCUT2D eigenvalue weighted by molar-refractivity contribution is 0.0872. The fourth-order valence-corrected chi connectivity index (χ4v) is 2.43. The number of hydrogen-bond acceptors (Lipinski definition) is 4. The number of rotatable bonds is 5. The smallest absolute Gasteiger partial charge is 0.170 e. The van der Waals surface area contributed by atoms with E-state index in [2.05, 4.69) is 10.5 Å². The zero-order valence-corrected chi connectivity index (χ0v) is 11.3. The van der Waals surface area contributed by atoms with E-state index in [1.165, 1.54) is 0 Å². The van der Waals surface area contributed by atoms with Gasteiger partial charge in [-0.25, -0.2) is 0 Å². The average Bonchev–Trinajstić information content (AvgIpc) is 2.38. The molecule has 6 heteroatoms. The number of halogens is 1. The van der Waals surface area contributed by atoms with E-state index < -0.39 is 0 Å². The zero-order valence-electron chi connectivity index (χ0n) is 10.6. The van der Waals surface area contributed by atoms with Gasteiger partial charge in [0, 0.05) is 22.7 Å². The fourth-order valence-electron chi connectivity index (χ4n) is 2.18. The van der Waals surface area contributed by atoms with Crippen LogP contribution in [-0.4, -0.2) is 28.3 Å². The van der Waals surface area contributed by atoms with Crippen molar-refractivity contribution >= 4 is 17.4 Å². The third kappa shape index (κ3) is 3.00. The highest BCUT2D eigenvalue weighted by Crippen LogP contribution is 2.32. The van der Waals surface area contributed by atoms with Gasteiger partial charge in [-0.1, -0.05) is 28.9 Å². The molecule has 19 heavy (non-hydrogen) atoms. The lowest BCUT2D eigenvalue weighted by atomic mass is 9.77. The van der Waals surface area contributed by atoms with E-state index in [0.717, 1.165) is 24.8 Å². The van der Waals surface area contributed by atoms with Crippen molar-refractivity contribution in [3.8, 4) is 0 Å². The summed E-state index contributed by atoms with van der Waals surface area (Å²) in [5.74, 6) is 0.0345. The first kappa shape index (κ1) is 14.1. The summed E-state index contributed by atoms with van der Waals surface area (Å²) >= 11 is 6.17. The third-order valence-corrected chi connectivity index (χ3v) is 4.08. The minimum absolute atomic E-state index is 0.0345. The van der Waals surface area contributed by atoms with Gasteiger partial charge in [-0.15, -0.1) is 0 Å². The van der Waals surface area contributed by atoms with E-state index in [0.29, 0.717) is 17.1 Å². The fraction of sp³-hybridized carbons (Fsp3) is 0.462. The molecule has 1 aliphatic rings. The van der Waals surface area contributed by atoms with E-state index in [4.69, 9.17) is 22.5 Å². The summed E-state index contributed by atoms with van der Waals surface area (Å²) in [4.78, 5) is 0. The second-order valence-electron chi connectivity index (χ2n) is 4.94. The van der Waals surface area contributed by atoms with E-state index in [-0.39, 0.29) is 18.0 Å². The molecule has 2 rings (SSSR count). The molecule has 1 saturated carbocycles. The van der Waals surface area contributed by atoms with Gasteiger partial charge in [-0.3, -0.25) is 0 Å². The second-order valence-corrected chi connectivity index (χ2v) is 5.34. The van der Waals surface area contributed by atoms with Crippen molar-refractivity contribution in [1.82, 2.24) is 5.32 Å². The maximum Gasteiger partial charge on any atom is 0.170 e. The number of aliphatic hydroxyl groups excluding tert-OH is 1. The van der Waals surface area contributed by atoms with Crippen molar-refractivity contribution in [2.24, 2.45) is 10.9 Å². The number of aliphatic hydroxyl groups is 1. The molecule has 0 saturated heterocycles. The molecule has 0 atom stereocenters. The normalized spacial score (nSPS) is 18.1. The number of oxime groups is 1. The van der Waals surface area contributed by atoms with Crippen molar-refractivity contribution in [2.75, 3.05) is 6.61 Å². The Kier molecular flexibility index (Phi) is 4.29. The summed E-state index contributed by atoms with van der Waals surface area (Å²) in [7, 11) is 0. The number of amidine groups is 1. The van der Waals surface area contributed by atoms with Crippen molar-refractivity contribution in [3.63, 3.8) is 0 Å². The van der Waals surface area contributed by atoms with E-state index in [9.17, 15) is 5.11 Å². The zero-order chi connectivity index (χ0) is 13.9. The Morgan fingerprint density at radius 1 is 1.47 bits per heavy atom. The van der Waals surface area contributed by atoms with Gasteiger partial charge in [0.2, 0.25) is 0 Å². The van der Waals surface area contributed by atoms with Gasteiger partial charge in [0.25, 0.3) is 0 Å². The minimum atomic E-state index is -0.145. The SMILES string of the molecule is N/C(=N/O)c1ccc(CNC2(CO)CCC2)c(Cl)c1. The Labute approximate surface area is 117 Å². The molecule has 0 aliphatic heterocycles. The molecule has 1 fully saturated rings. The predicted molar refractivity (Wildman–Crippen MR) is 74.5 cm³/mol. The quantitative estimate of drug-likeness (QED) is 0.285. The molecular weight excluding hydrogens is 266 g/mol. The Hall–Kier alpha value is -1.30. The Bertz CT molecular complexity index is 481. The van der Waals surface area contributed by atoms with Crippen LogP contribution in [0.2, 0.25) is 5.02 Å². The molecule has 1 aromatic carbocycles. The van der Waals surface area contributed by atoms with Gasteiger partial charge in [-0.2, -0.15) is 0 Å². The highest BCUT2D eigenvalue weighted by Gasteiger charge is 2.35. The van der Waals surface area contributed by atoms with E-state index in [1.807, 2.05) is 6.07 Å². The molecule has 0 heterocycles. The molecule has 5 N–H and O–H groups in total. The van der Waals surface area contributed by atoms with Crippen LogP contribution in [0.25, 0.3) is 0 Å². The van der Waals surface area contributed by atoms with Crippen LogP contribution >= 0.6 is 11.6 Å². The molecule has 0 bridgehead atoms. The molecule has 0 amide bonds. The van der Waals surface area contributed by atoms with Crippen LogP contribution in [0.4, 0.5) is 0 Å². The molecule has 1 aliphatic carbocycles. The van der Waals surface area contributed by atoms with Gasteiger partial charge >= 0.3 is 0 Å². The summed E-state index contributed by atoms with van der Waals surface area (Å²) in [5.41, 5.74) is 6.86. The standard InChI is InChI=1S/C13H18ClN3O2/c14-11-6-9(12(15)17-19)2-3-10(11)7-16-13(8-18)4-1-5-13/h2-3,6,16,18-19H,1,4-5,7-8H2,(H2,15,17). The van der Waals surface area contributed by atoms with Crippen LogP contribution in [0.1, 0.15) is 30.4 Å². The molecular formula is C13H18ClN3O2. The summed E-state index contributed by atoms with van der Waals surface area (Å²) in [6, 6.07) is 5.26. The third-order valence-electron chi connectivity index (χ3n) is 3.72. The molecule has 0 spiro atoms. The highest BCUT2D eigenvalue weighted by molar-refractivity contribution is 6.31. The highest BCUT2D eigenvalue weighted by atomic mass is 35.5. The Balaban J connectivity index is 2.05. The predicted octanol–water partition coefficient (Wildman–Crippen LogP) is 1.44. The summed E-state index contributed by atoms with van der Waals surface area (Å²) in [6.45, 7) is 0.739. The van der Waals surface area contributed by atoms with Crippen LogP contribution in [0.3, 0.4) is 0 Å². The van der Waals surface area contributed by atoms with Gasteiger partial charge in [0.05, 0.1) is 6.61 Å². The summed E-state index contributed by atoms with van der Waals surface area (Å²) in [6.07, 6.45) is 3.12. The monoisotopic (exact) mass is 283 g/mol. The van der Waals surface area contributed by atoms with Crippen LogP contribution in [0.5, 0.6) is 0 Å². The van der Waals surface area contributed by atoms with Crippen molar-refractivity contribution in [3.05, 3.63) is 34.3 Å². The van der Waals surface area contributed by atoms with Gasteiger partial charge in [0.1, 0.15) is 0 Å². The molecule has 1 aromatic rings. The van der Waals surface area contributed by atoms with Crippen LogP contribution in [0.15, 0.2) is 23.4 Å². The maximum atomic E-state index is 9.38. The Morgan fingerprint density at radius 2 is 2.21 bits per heavy atom. The van der Waals surface area contributed by atoms with Gasteiger partial charge in [-0.05, 0) is 30.9 Å². The van der Waals surface area contributed by atoms with Crippen molar-refractivity contribution in [1.29, 1.82) is 0 Å². The molecule has 0 unspecified atom stereocenters. The number of benzene rings is 1. The minimum Gasteiger partial charge on any atom is -0.409 e. The molecule has 5 nitrogen and oxygen atoms in total. The van der Waals surface area contributed by atoms with Gasteiger partial charge in [0.15, 0.2) is 5.84 Å². The lowest BCUT2D eigenvalue weighted by Gasteiger charge is -2.41. The topological polar surface area (TPSA) is 90.9 Å². The van der Waals surface area contributed by atoms with E-state index in [1.54, 1.807) is 12.1 Å². The van der Waals surface area contributed by atoms with Crippen LogP contribution in [0, 0.1) is 0 Å². The summed E-state index contributed by atoms with van der Waals surface area (Å²) < 4.78 is 0. The molecule has 0 radical (unpaired) electrons. The van der Waals surface area contributed by atoms with Crippen LogP contribution < -0.4 is 11.1 Å². The molecule has 0 aromatic heterocycles. The van der Waals surface area contributed by atoms with Crippen molar-refractivity contribution < 1.29 is 10.3 Å². The van der Waals surface area contributed by atoms with Crippen molar-refractivity contribution in [2.45, 2.75) is 31.3 Å². The second kappa shape index (κ2) is 5.77. The first-order valence-corrected chi connectivity index (χ1v) is 6.60. The number of nitrogens with two attached hydrogens (primary N) is 1. The Morgan fingerprint density at radius 3 is 2.68 bits per heavy atom. The average molecular weight is 284 g/mol. The lowest BCUT2D eigenvalue weighted by Crippen LogP contribution is -2.53. The first-order valence-electron chi connectivity index (χ1n) is 6.22. The molecule has 104 valence electrons. The largest absolute Gasteiger partial charge is 0.409 e. The maximum absolute atomic E-state index is 9.38. The summed E-state index contributed by atoms with van der Waals surface area (Å²) in [5, 5.41) is 24.8. The first-order chi connectivity index (χ1) is 9.10. The van der Waals surface area contributed by atoms with Crippen LogP contribution in [-0.2, 0) is 6.54 Å². The number of nitrogens with one attached hydrogen (secondary N) is 1. The number of hydrogen-bond donors (Lipinski definition) is 4. The van der Waals surface area contributed by atoms with Gasteiger partial charge < -0.3 is 21.4 Å². The number of nitrogens with zero attached hydrogens (tertiary/aromatic N) is 1. The van der Waals surface area contributed by atoms with E-state index >= 15 is 0 Å².